The van der Waals surface area contributed by atoms with E-state index in [1.165, 1.54) is 18.4 Å². The summed E-state index contributed by atoms with van der Waals surface area (Å²) in [6.07, 6.45) is 2.41. The first kappa shape index (κ1) is 12.6. The fourth-order valence-corrected chi connectivity index (χ4v) is 2.83. The monoisotopic (exact) mass is 271 g/mol. The zero-order valence-electron chi connectivity index (χ0n) is 11.1. The highest BCUT2D eigenvalue weighted by Crippen LogP contribution is 2.38. The predicted molar refractivity (Wildman–Crippen MR) is 82.0 cm³/mol. The van der Waals surface area contributed by atoms with E-state index in [2.05, 4.69) is 47.8 Å². The Morgan fingerprint density at radius 1 is 1.05 bits per heavy atom. The van der Waals surface area contributed by atoms with E-state index in [0.29, 0.717) is 12.0 Å². The fourth-order valence-electron chi connectivity index (χ4n) is 2.65. The van der Waals surface area contributed by atoms with Crippen LogP contribution in [0.2, 0.25) is 5.02 Å². The van der Waals surface area contributed by atoms with Crippen molar-refractivity contribution < 1.29 is 0 Å². The molecule has 2 heteroatoms. The van der Waals surface area contributed by atoms with Gasteiger partial charge in [-0.05, 0) is 48.9 Å². The molecule has 0 bridgehead atoms. The van der Waals surface area contributed by atoms with Crippen molar-refractivity contribution in [3.63, 3.8) is 0 Å². The largest absolute Gasteiger partial charge is 0.382 e. The van der Waals surface area contributed by atoms with Gasteiger partial charge in [0.15, 0.2) is 0 Å². The minimum atomic E-state index is 0.573. The molecular weight excluding hydrogens is 254 g/mol. The summed E-state index contributed by atoms with van der Waals surface area (Å²) in [5.74, 6) is 0.708. The van der Waals surface area contributed by atoms with Crippen LogP contribution in [0, 0.1) is 6.92 Å². The second-order valence-electron chi connectivity index (χ2n) is 5.38. The van der Waals surface area contributed by atoms with Gasteiger partial charge in [-0.3, -0.25) is 0 Å². The molecule has 2 aromatic rings. The molecule has 1 fully saturated rings. The van der Waals surface area contributed by atoms with Crippen LogP contribution in [-0.4, -0.2) is 6.04 Å². The van der Waals surface area contributed by atoms with Gasteiger partial charge in [0, 0.05) is 16.8 Å². The van der Waals surface area contributed by atoms with Crippen LogP contribution in [0.3, 0.4) is 0 Å². The Morgan fingerprint density at radius 3 is 2.47 bits per heavy atom. The molecule has 0 aliphatic heterocycles. The Bertz CT molecular complexity index is 559. The molecule has 1 aliphatic carbocycles. The number of anilines is 1. The number of hydrogen-bond donors (Lipinski definition) is 1. The zero-order chi connectivity index (χ0) is 13.2. The topological polar surface area (TPSA) is 12.0 Å². The third-order valence-electron chi connectivity index (χ3n) is 3.95. The maximum absolute atomic E-state index is 6.14. The number of rotatable bonds is 3. The number of aryl methyl sites for hydroxylation is 1. The van der Waals surface area contributed by atoms with Crippen molar-refractivity contribution in [3.8, 4) is 0 Å². The molecule has 0 spiro atoms. The van der Waals surface area contributed by atoms with Gasteiger partial charge in [-0.15, -0.1) is 0 Å². The molecule has 0 heterocycles. The minimum absolute atomic E-state index is 0.573. The van der Waals surface area contributed by atoms with Gasteiger partial charge < -0.3 is 5.32 Å². The van der Waals surface area contributed by atoms with Gasteiger partial charge in [0.2, 0.25) is 0 Å². The second-order valence-corrected chi connectivity index (χ2v) is 5.79. The van der Waals surface area contributed by atoms with Gasteiger partial charge in [-0.1, -0.05) is 48.0 Å². The average molecular weight is 272 g/mol. The Labute approximate surface area is 119 Å². The maximum Gasteiger partial charge on any atom is 0.0455 e. The minimum Gasteiger partial charge on any atom is -0.382 e. The van der Waals surface area contributed by atoms with Gasteiger partial charge in [0.1, 0.15) is 0 Å². The van der Waals surface area contributed by atoms with E-state index in [-0.39, 0.29) is 0 Å². The highest BCUT2D eigenvalue weighted by molar-refractivity contribution is 6.31. The van der Waals surface area contributed by atoms with Gasteiger partial charge in [0.05, 0.1) is 0 Å². The molecular formula is C17H18ClN. The molecule has 1 saturated carbocycles. The van der Waals surface area contributed by atoms with Crippen LogP contribution in [0.4, 0.5) is 5.69 Å². The van der Waals surface area contributed by atoms with Crippen molar-refractivity contribution >= 4 is 17.3 Å². The normalized spacial score (nSPS) is 21.8. The summed E-state index contributed by atoms with van der Waals surface area (Å²) in [4.78, 5) is 0. The first-order chi connectivity index (χ1) is 9.22. The molecule has 1 aliphatic rings. The Kier molecular flexibility index (Phi) is 3.48. The SMILES string of the molecule is Cc1ccc(NC2CC(c3ccccc3)C2)cc1Cl. The molecule has 0 unspecified atom stereocenters. The van der Waals surface area contributed by atoms with Gasteiger partial charge in [0.25, 0.3) is 0 Å². The summed E-state index contributed by atoms with van der Waals surface area (Å²) >= 11 is 6.14. The van der Waals surface area contributed by atoms with E-state index in [0.717, 1.165) is 16.3 Å². The summed E-state index contributed by atoms with van der Waals surface area (Å²) in [5.41, 5.74) is 3.72. The summed E-state index contributed by atoms with van der Waals surface area (Å²) in [7, 11) is 0. The van der Waals surface area contributed by atoms with E-state index in [4.69, 9.17) is 11.6 Å². The lowest BCUT2D eigenvalue weighted by Gasteiger charge is -2.37. The lowest BCUT2D eigenvalue weighted by Crippen LogP contribution is -2.33. The van der Waals surface area contributed by atoms with Crippen LogP contribution in [0.5, 0.6) is 0 Å². The van der Waals surface area contributed by atoms with Crippen molar-refractivity contribution in [1.82, 2.24) is 0 Å². The first-order valence-corrected chi connectivity index (χ1v) is 7.18. The number of halogens is 1. The molecule has 1 nitrogen and oxygen atoms in total. The summed E-state index contributed by atoms with van der Waals surface area (Å²) < 4.78 is 0. The molecule has 98 valence electrons. The van der Waals surface area contributed by atoms with Crippen LogP contribution in [-0.2, 0) is 0 Å². The quantitative estimate of drug-likeness (QED) is 0.828. The highest BCUT2D eigenvalue weighted by atomic mass is 35.5. The van der Waals surface area contributed by atoms with Crippen molar-refractivity contribution in [2.45, 2.75) is 31.7 Å². The molecule has 0 aromatic heterocycles. The van der Waals surface area contributed by atoms with E-state index in [1.54, 1.807) is 0 Å². The van der Waals surface area contributed by atoms with E-state index >= 15 is 0 Å². The van der Waals surface area contributed by atoms with Crippen LogP contribution in [0.25, 0.3) is 0 Å². The average Bonchev–Trinajstić information content (AvgIpc) is 2.38. The first-order valence-electron chi connectivity index (χ1n) is 6.80. The van der Waals surface area contributed by atoms with E-state index < -0.39 is 0 Å². The number of hydrogen-bond acceptors (Lipinski definition) is 1. The van der Waals surface area contributed by atoms with E-state index in [1.807, 2.05) is 13.0 Å². The highest BCUT2D eigenvalue weighted by Gasteiger charge is 2.29. The predicted octanol–water partition coefficient (Wildman–Crippen LogP) is 5.01. The standard InChI is InChI=1S/C17H18ClN/c1-12-7-8-15(11-17(12)18)19-16-9-14(10-16)13-5-3-2-4-6-13/h2-8,11,14,16,19H,9-10H2,1H3. The molecule has 0 radical (unpaired) electrons. The Hall–Kier alpha value is -1.47. The van der Waals surface area contributed by atoms with E-state index in [9.17, 15) is 0 Å². The second kappa shape index (κ2) is 5.26. The van der Waals surface area contributed by atoms with Crippen molar-refractivity contribution in [1.29, 1.82) is 0 Å². The Morgan fingerprint density at radius 2 is 1.79 bits per heavy atom. The molecule has 3 rings (SSSR count). The third-order valence-corrected chi connectivity index (χ3v) is 4.36. The number of nitrogens with one attached hydrogen (secondary N) is 1. The smallest absolute Gasteiger partial charge is 0.0455 e. The van der Waals surface area contributed by atoms with Crippen molar-refractivity contribution in [2.75, 3.05) is 5.32 Å². The van der Waals surface area contributed by atoms with Crippen LogP contribution in [0.15, 0.2) is 48.5 Å². The summed E-state index contributed by atoms with van der Waals surface area (Å²) in [5, 5.41) is 4.40. The van der Waals surface area contributed by atoms with Crippen LogP contribution in [0.1, 0.15) is 29.9 Å². The van der Waals surface area contributed by atoms with Gasteiger partial charge >= 0.3 is 0 Å². The molecule has 0 saturated heterocycles. The Balaban J connectivity index is 1.58. The van der Waals surface area contributed by atoms with Crippen LogP contribution < -0.4 is 5.32 Å². The molecule has 1 N–H and O–H groups in total. The third kappa shape index (κ3) is 2.76. The lowest BCUT2D eigenvalue weighted by atomic mass is 9.76. The molecule has 0 amide bonds. The fraction of sp³-hybridized carbons (Fsp3) is 0.294. The van der Waals surface area contributed by atoms with Crippen molar-refractivity contribution in [2.24, 2.45) is 0 Å². The molecule has 19 heavy (non-hydrogen) atoms. The lowest BCUT2D eigenvalue weighted by molar-refractivity contribution is 0.374. The maximum atomic E-state index is 6.14. The summed E-state index contributed by atoms with van der Waals surface area (Å²) in [6.45, 7) is 2.03. The summed E-state index contributed by atoms with van der Waals surface area (Å²) in [6, 6.07) is 17.5. The zero-order valence-corrected chi connectivity index (χ0v) is 11.8. The van der Waals surface area contributed by atoms with Gasteiger partial charge in [-0.2, -0.15) is 0 Å². The van der Waals surface area contributed by atoms with Crippen LogP contribution >= 0.6 is 11.6 Å². The number of benzene rings is 2. The molecule has 2 aromatic carbocycles. The van der Waals surface area contributed by atoms with Gasteiger partial charge in [-0.25, -0.2) is 0 Å². The molecule has 0 atom stereocenters. The van der Waals surface area contributed by atoms with Crippen molar-refractivity contribution in [3.05, 3.63) is 64.7 Å².